The van der Waals surface area contributed by atoms with E-state index in [1.807, 2.05) is 0 Å². The Morgan fingerprint density at radius 3 is 2.68 bits per heavy atom. The van der Waals surface area contributed by atoms with Gasteiger partial charge in [0.1, 0.15) is 5.82 Å². The van der Waals surface area contributed by atoms with Crippen LogP contribution in [0.4, 0.5) is 4.39 Å². The third-order valence-electron chi connectivity index (χ3n) is 2.73. The Labute approximate surface area is 111 Å². The van der Waals surface area contributed by atoms with E-state index in [4.69, 9.17) is 0 Å². The molecule has 0 amide bonds. The molecule has 1 heterocycles. The zero-order valence-corrected chi connectivity index (χ0v) is 11.2. The highest BCUT2D eigenvalue weighted by molar-refractivity contribution is 7.91. The highest BCUT2D eigenvalue weighted by Gasteiger charge is 2.14. The lowest BCUT2D eigenvalue weighted by atomic mass is 10.4. The number of rotatable bonds is 4. The third-order valence-corrected chi connectivity index (χ3v) is 4.47. The zero-order valence-electron chi connectivity index (χ0n) is 10.4. The van der Waals surface area contributed by atoms with E-state index in [2.05, 4.69) is 15.6 Å². The van der Waals surface area contributed by atoms with Crippen molar-refractivity contribution >= 4 is 15.8 Å². The minimum Gasteiger partial charge on any atom is -0.356 e. The molecule has 1 aliphatic rings. The second-order valence-corrected chi connectivity index (χ2v) is 6.32. The minimum atomic E-state index is -3.39. The number of halogens is 1. The van der Waals surface area contributed by atoms with Crippen LogP contribution in [0, 0.1) is 5.82 Å². The highest BCUT2D eigenvalue weighted by Crippen LogP contribution is 2.11. The molecule has 0 radical (unpaired) electrons. The molecule has 1 aliphatic heterocycles. The van der Waals surface area contributed by atoms with Gasteiger partial charge in [-0.2, -0.15) is 0 Å². The molecule has 0 saturated heterocycles. The minimum absolute atomic E-state index is 0.0562. The van der Waals surface area contributed by atoms with Crippen LogP contribution in [-0.2, 0) is 9.84 Å². The van der Waals surface area contributed by atoms with Crippen LogP contribution in [0.2, 0.25) is 0 Å². The SMILES string of the molecule is O=S(=O)(CCNC1=NCCCN1)c1ccc(F)cc1. The first kappa shape index (κ1) is 13.8. The van der Waals surface area contributed by atoms with Gasteiger partial charge >= 0.3 is 0 Å². The summed E-state index contributed by atoms with van der Waals surface area (Å²) in [6.07, 6.45) is 0.985. The van der Waals surface area contributed by atoms with Crippen LogP contribution in [0.3, 0.4) is 0 Å². The van der Waals surface area contributed by atoms with Crippen molar-refractivity contribution in [2.75, 3.05) is 25.4 Å². The lowest BCUT2D eigenvalue weighted by Gasteiger charge is -2.15. The fraction of sp³-hybridized carbons (Fsp3) is 0.417. The quantitative estimate of drug-likeness (QED) is 0.792. The van der Waals surface area contributed by atoms with Gasteiger partial charge in [0.25, 0.3) is 0 Å². The molecule has 0 aromatic heterocycles. The van der Waals surface area contributed by atoms with Crippen LogP contribution in [0.5, 0.6) is 0 Å². The number of aliphatic imine (C=N–C) groups is 1. The maximum atomic E-state index is 12.7. The van der Waals surface area contributed by atoms with Gasteiger partial charge in [-0.15, -0.1) is 0 Å². The number of hydrogen-bond donors (Lipinski definition) is 2. The van der Waals surface area contributed by atoms with Crippen molar-refractivity contribution < 1.29 is 12.8 Å². The fourth-order valence-corrected chi connectivity index (χ4v) is 2.87. The van der Waals surface area contributed by atoms with E-state index in [0.717, 1.165) is 31.6 Å². The Morgan fingerprint density at radius 2 is 2.05 bits per heavy atom. The average Bonchev–Trinajstić information content (AvgIpc) is 2.40. The van der Waals surface area contributed by atoms with E-state index < -0.39 is 15.7 Å². The molecule has 2 N–H and O–H groups in total. The monoisotopic (exact) mass is 285 g/mol. The topological polar surface area (TPSA) is 70.6 Å². The molecule has 1 aromatic carbocycles. The van der Waals surface area contributed by atoms with Crippen LogP contribution in [0.15, 0.2) is 34.2 Å². The van der Waals surface area contributed by atoms with E-state index in [1.54, 1.807) is 0 Å². The largest absolute Gasteiger partial charge is 0.356 e. The number of guanidine groups is 1. The molecule has 0 bridgehead atoms. The predicted molar refractivity (Wildman–Crippen MR) is 71.4 cm³/mol. The molecule has 0 saturated carbocycles. The maximum Gasteiger partial charge on any atom is 0.191 e. The van der Waals surface area contributed by atoms with E-state index in [9.17, 15) is 12.8 Å². The van der Waals surface area contributed by atoms with Crippen molar-refractivity contribution in [2.45, 2.75) is 11.3 Å². The van der Waals surface area contributed by atoms with Crippen LogP contribution < -0.4 is 10.6 Å². The first-order valence-electron chi connectivity index (χ1n) is 6.08. The van der Waals surface area contributed by atoms with E-state index >= 15 is 0 Å². The summed E-state index contributed by atoms with van der Waals surface area (Å²) in [7, 11) is -3.39. The number of nitrogens with zero attached hydrogens (tertiary/aromatic N) is 1. The average molecular weight is 285 g/mol. The van der Waals surface area contributed by atoms with Crippen molar-refractivity contribution in [1.82, 2.24) is 10.6 Å². The number of nitrogens with one attached hydrogen (secondary N) is 2. The molecule has 5 nitrogen and oxygen atoms in total. The number of sulfone groups is 1. The molecule has 104 valence electrons. The first-order chi connectivity index (χ1) is 9.08. The normalized spacial score (nSPS) is 15.5. The van der Waals surface area contributed by atoms with Gasteiger partial charge in [-0.25, -0.2) is 12.8 Å². The van der Waals surface area contributed by atoms with E-state index in [1.165, 1.54) is 12.1 Å². The highest BCUT2D eigenvalue weighted by atomic mass is 32.2. The van der Waals surface area contributed by atoms with E-state index in [-0.39, 0.29) is 17.2 Å². The smallest absolute Gasteiger partial charge is 0.191 e. The molecule has 0 spiro atoms. The Bertz CT molecular complexity index is 555. The van der Waals surface area contributed by atoms with Crippen LogP contribution in [0.1, 0.15) is 6.42 Å². The maximum absolute atomic E-state index is 12.7. The summed E-state index contributed by atoms with van der Waals surface area (Å²) in [5, 5.41) is 5.99. The lowest BCUT2D eigenvalue weighted by Crippen LogP contribution is -2.42. The fourth-order valence-electron chi connectivity index (χ4n) is 1.71. The summed E-state index contributed by atoms with van der Waals surface area (Å²) >= 11 is 0. The molecule has 0 aliphatic carbocycles. The molecular formula is C12H16FN3O2S. The van der Waals surface area contributed by atoms with Crippen LogP contribution in [-0.4, -0.2) is 39.8 Å². The lowest BCUT2D eigenvalue weighted by molar-refractivity contribution is 0.593. The van der Waals surface area contributed by atoms with Gasteiger partial charge in [-0.3, -0.25) is 4.99 Å². The molecule has 0 unspecified atom stereocenters. The molecule has 1 aromatic rings. The summed E-state index contributed by atoms with van der Waals surface area (Å²) in [5.74, 6) is 0.137. The summed E-state index contributed by atoms with van der Waals surface area (Å²) < 4.78 is 36.7. The molecule has 7 heteroatoms. The van der Waals surface area contributed by atoms with Crippen molar-refractivity contribution in [3.8, 4) is 0 Å². The van der Waals surface area contributed by atoms with Crippen molar-refractivity contribution in [3.05, 3.63) is 30.1 Å². The predicted octanol–water partition coefficient (Wildman–Crippen LogP) is 0.538. The van der Waals surface area contributed by atoms with Gasteiger partial charge in [0.15, 0.2) is 15.8 Å². The molecule has 0 atom stereocenters. The van der Waals surface area contributed by atoms with Gasteiger partial charge in [-0.1, -0.05) is 0 Å². The van der Waals surface area contributed by atoms with Gasteiger partial charge in [-0.05, 0) is 30.7 Å². The third kappa shape index (κ3) is 3.92. The van der Waals surface area contributed by atoms with Gasteiger partial charge in [0.05, 0.1) is 10.6 Å². The number of benzene rings is 1. The summed E-state index contributed by atoms with van der Waals surface area (Å²) in [6, 6.07) is 4.85. The second-order valence-electron chi connectivity index (χ2n) is 4.21. The Kier molecular flexibility index (Phi) is 4.36. The Morgan fingerprint density at radius 1 is 1.32 bits per heavy atom. The van der Waals surface area contributed by atoms with E-state index in [0.29, 0.717) is 5.96 Å². The summed E-state index contributed by atoms with van der Waals surface area (Å²) in [5.41, 5.74) is 0. The van der Waals surface area contributed by atoms with Crippen molar-refractivity contribution in [2.24, 2.45) is 4.99 Å². The van der Waals surface area contributed by atoms with Crippen molar-refractivity contribution in [1.29, 1.82) is 0 Å². The van der Waals surface area contributed by atoms with Gasteiger partial charge in [0.2, 0.25) is 0 Å². The zero-order chi connectivity index (χ0) is 13.7. The summed E-state index contributed by atoms with van der Waals surface area (Å²) in [4.78, 5) is 4.32. The second kappa shape index (κ2) is 6.01. The molecule has 19 heavy (non-hydrogen) atoms. The summed E-state index contributed by atoms with van der Waals surface area (Å²) in [6.45, 7) is 1.86. The van der Waals surface area contributed by atoms with Gasteiger partial charge < -0.3 is 10.6 Å². The van der Waals surface area contributed by atoms with Crippen LogP contribution >= 0.6 is 0 Å². The number of hydrogen-bond acceptors (Lipinski definition) is 5. The first-order valence-corrected chi connectivity index (χ1v) is 7.74. The Hall–Kier alpha value is -1.63. The van der Waals surface area contributed by atoms with Gasteiger partial charge in [0, 0.05) is 19.6 Å². The molecule has 0 fully saturated rings. The molecule has 2 rings (SSSR count). The van der Waals surface area contributed by atoms with Crippen LogP contribution in [0.25, 0.3) is 0 Å². The standard InChI is InChI=1S/C12H16FN3O2S/c13-10-2-4-11(5-3-10)19(17,18)9-8-16-12-14-6-1-7-15-12/h2-5H,1,6-9H2,(H2,14,15,16). The van der Waals surface area contributed by atoms with Crippen molar-refractivity contribution in [3.63, 3.8) is 0 Å². The Balaban J connectivity index is 1.90. The molecular weight excluding hydrogens is 269 g/mol.